The molecular weight excluding hydrogens is 683 g/mol. The molecule has 3 heterocycles. The van der Waals surface area contributed by atoms with Crippen LogP contribution < -0.4 is 4.90 Å². The zero-order valence-electron chi connectivity index (χ0n) is 30.4. The Balaban J connectivity index is 0.988. The number of benzene rings is 7. The van der Waals surface area contributed by atoms with Crippen molar-refractivity contribution in [2.75, 3.05) is 4.90 Å². The predicted octanol–water partition coefficient (Wildman–Crippen LogP) is 12.2. The number of allylic oxidation sites excluding steroid dienone is 2. The van der Waals surface area contributed by atoms with E-state index in [1.54, 1.807) is 0 Å². The van der Waals surface area contributed by atoms with Gasteiger partial charge in [-0.2, -0.15) is 0 Å². The summed E-state index contributed by atoms with van der Waals surface area (Å²) in [5.74, 6) is 2.06. The number of anilines is 2. The molecule has 11 rings (SSSR count). The molecule has 264 valence electrons. The van der Waals surface area contributed by atoms with Crippen LogP contribution in [0.1, 0.15) is 17.3 Å². The quantitative estimate of drug-likeness (QED) is 0.172. The van der Waals surface area contributed by atoms with E-state index in [4.69, 9.17) is 15.0 Å². The van der Waals surface area contributed by atoms with E-state index in [0.717, 1.165) is 33.5 Å². The summed E-state index contributed by atoms with van der Waals surface area (Å²) in [7, 11) is 0. The highest BCUT2D eigenvalue weighted by atomic mass is 15.2. The number of fused-ring (bicyclic) bond motifs is 6. The van der Waals surface area contributed by atoms with Crippen LogP contribution in [0.2, 0.25) is 0 Å². The van der Waals surface area contributed by atoms with Crippen LogP contribution in [-0.4, -0.2) is 25.6 Å². The monoisotopic (exact) mass is 717 g/mol. The van der Waals surface area contributed by atoms with Crippen molar-refractivity contribution in [3.8, 4) is 39.6 Å². The Bertz CT molecular complexity index is 2930. The zero-order chi connectivity index (χ0) is 37.0. The van der Waals surface area contributed by atoms with Crippen molar-refractivity contribution in [1.29, 1.82) is 0 Å². The molecule has 5 nitrogen and oxygen atoms in total. The maximum absolute atomic E-state index is 5.25. The molecule has 0 N–H and O–H groups in total. The molecule has 9 aromatic rings. The fourth-order valence-corrected chi connectivity index (χ4v) is 8.69. The van der Waals surface area contributed by atoms with Gasteiger partial charge >= 0.3 is 0 Å². The number of hydrogen-bond acceptors (Lipinski definition) is 4. The summed E-state index contributed by atoms with van der Waals surface area (Å²) in [4.78, 5) is 18.0. The molecule has 0 saturated heterocycles. The number of para-hydroxylation sites is 4. The summed E-state index contributed by atoms with van der Waals surface area (Å²) in [6.45, 7) is 0. The van der Waals surface area contributed by atoms with E-state index in [2.05, 4.69) is 191 Å². The fraction of sp³-hybridized carbons (Fsp3) is 0.0392. The molecule has 0 bridgehead atoms. The predicted molar refractivity (Wildman–Crippen MR) is 229 cm³/mol. The van der Waals surface area contributed by atoms with Crippen LogP contribution in [0.3, 0.4) is 0 Å². The van der Waals surface area contributed by atoms with Gasteiger partial charge in [0.05, 0.1) is 17.1 Å². The second-order valence-corrected chi connectivity index (χ2v) is 14.4. The van der Waals surface area contributed by atoms with Crippen molar-refractivity contribution in [2.45, 2.75) is 12.0 Å². The molecule has 0 radical (unpaired) electrons. The number of hydrogen-bond donors (Lipinski definition) is 0. The van der Waals surface area contributed by atoms with Crippen molar-refractivity contribution in [2.24, 2.45) is 0 Å². The van der Waals surface area contributed by atoms with Crippen LogP contribution in [0.15, 0.2) is 200 Å². The Morgan fingerprint density at radius 2 is 0.982 bits per heavy atom. The average Bonchev–Trinajstić information content (AvgIpc) is 3.80. The number of aromatic nitrogens is 4. The standard InChI is InChI=1S/C51H35N5/c1-3-15-35(16-4-1)49-52-50(54-51(53-49)43-24-14-28-47-48(43)42-23-9-12-27-46(42)55(47)38-18-5-2-6-19-38)36-31-29-34(30-32-36)37-17-13-20-39(33-37)56-44-25-10-7-21-40(44)41-22-8-11-26-45(41)56/h1-33,47-48H. The molecule has 2 aromatic heterocycles. The van der Waals surface area contributed by atoms with Gasteiger partial charge in [-0.15, -0.1) is 0 Å². The summed E-state index contributed by atoms with van der Waals surface area (Å²) in [5, 5.41) is 2.51. The van der Waals surface area contributed by atoms with E-state index in [0.29, 0.717) is 17.5 Å². The molecule has 5 heteroatoms. The van der Waals surface area contributed by atoms with E-state index < -0.39 is 0 Å². The normalized spacial score (nSPS) is 15.9. The lowest BCUT2D eigenvalue weighted by Gasteiger charge is -2.30. The molecule has 1 aliphatic heterocycles. The lowest BCUT2D eigenvalue weighted by molar-refractivity contribution is 0.751. The minimum Gasteiger partial charge on any atom is -0.333 e. The highest BCUT2D eigenvalue weighted by molar-refractivity contribution is 6.09. The van der Waals surface area contributed by atoms with Crippen LogP contribution >= 0.6 is 0 Å². The Morgan fingerprint density at radius 3 is 1.71 bits per heavy atom. The summed E-state index contributed by atoms with van der Waals surface area (Å²) in [6.07, 6.45) is 6.65. The summed E-state index contributed by atoms with van der Waals surface area (Å²) in [6, 6.07) is 64.4. The maximum atomic E-state index is 5.25. The Labute approximate surface area is 325 Å². The smallest absolute Gasteiger partial charge is 0.164 e. The minimum absolute atomic E-state index is 0.0551. The van der Waals surface area contributed by atoms with E-state index in [-0.39, 0.29) is 12.0 Å². The first kappa shape index (κ1) is 32.1. The molecule has 1 aliphatic carbocycles. The fourth-order valence-electron chi connectivity index (χ4n) is 8.69. The van der Waals surface area contributed by atoms with Crippen molar-refractivity contribution >= 4 is 38.8 Å². The molecule has 2 aliphatic rings. The van der Waals surface area contributed by atoms with Gasteiger partial charge in [0.2, 0.25) is 0 Å². The Kier molecular flexibility index (Phi) is 7.56. The Hall–Kier alpha value is -7.37. The van der Waals surface area contributed by atoms with Gasteiger partial charge in [-0.05, 0) is 59.2 Å². The van der Waals surface area contributed by atoms with Gasteiger partial charge in [0.15, 0.2) is 17.5 Å². The van der Waals surface area contributed by atoms with E-state index in [1.807, 2.05) is 18.2 Å². The molecule has 7 aromatic carbocycles. The third kappa shape index (κ3) is 5.28. The van der Waals surface area contributed by atoms with Crippen molar-refractivity contribution in [1.82, 2.24) is 19.5 Å². The van der Waals surface area contributed by atoms with Crippen LogP contribution in [0, 0.1) is 0 Å². The summed E-state index contributed by atoms with van der Waals surface area (Å²) >= 11 is 0. The molecule has 0 spiro atoms. The topological polar surface area (TPSA) is 46.8 Å². The lowest BCUT2D eigenvalue weighted by Crippen LogP contribution is -2.30. The van der Waals surface area contributed by atoms with E-state index in [9.17, 15) is 0 Å². The molecule has 0 saturated carbocycles. The zero-order valence-corrected chi connectivity index (χ0v) is 30.4. The summed E-state index contributed by atoms with van der Waals surface area (Å²) < 4.78 is 2.36. The highest BCUT2D eigenvalue weighted by Gasteiger charge is 2.42. The van der Waals surface area contributed by atoms with E-state index in [1.165, 1.54) is 38.7 Å². The Morgan fingerprint density at radius 1 is 0.429 bits per heavy atom. The van der Waals surface area contributed by atoms with Crippen LogP contribution in [0.4, 0.5) is 11.4 Å². The van der Waals surface area contributed by atoms with Crippen molar-refractivity contribution in [3.63, 3.8) is 0 Å². The SMILES string of the molecule is C1=CC2C(C(c3nc(-c4ccccc4)nc(-c4ccc(-c5cccc(-n6c7ccccc7c7ccccc76)c5)cc4)n3)=C1)c1ccccc1N2c1ccccc1. The first-order valence-corrected chi connectivity index (χ1v) is 19.1. The first-order chi connectivity index (χ1) is 27.8. The minimum atomic E-state index is 0.0551. The second-order valence-electron chi connectivity index (χ2n) is 14.4. The molecular formula is C51H35N5. The molecule has 0 fully saturated rings. The van der Waals surface area contributed by atoms with Gasteiger partial charge < -0.3 is 9.47 Å². The van der Waals surface area contributed by atoms with Crippen LogP contribution in [0.5, 0.6) is 0 Å². The third-order valence-corrected chi connectivity index (χ3v) is 11.2. The van der Waals surface area contributed by atoms with E-state index >= 15 is 0 Å². The van der Waals surface area contributed by atoms with Crippen molar-refractivity contribution in [3.05, 3.63) is 212 Å². The maximum Gasteiger partial charge on any atom is 0.164 e. The number of nitrogens with zero attached hydrogens (tertiary/aromatic N) is 5. The van der Waals surface area contributed by atoms with Gasteiger partial charge in [0.1, 0.15) is 0 Å². The molecule has 0 amide bonds. The van der Waals surface area contributed by atoms with Crippen LogP contribution in [-0.2, 0) is 0 Å². The lowest BCUT2D eigenvalue weighted by atomic mass is 9.83. The third-order valence-electron chi connectivity index (χ3n) is 11.2. The van der Waals surface area contributed by atoms with Gasteiger partial charge in [-0.25, -0.2) is 15.0 Å². The molecule has 2 atom stereocenters. The van der Waals surface area contributed by atoms with Gasteiger partial charge in [0, 0.05) is 50.5 Å². The number of rotatable bonds is 6. The average molecular weight is 718 g/mol. The highest BCUT2D eigenvalue weighted by Crippen LogP contribution is 2.52. The molecule has 2 unspecified atom stereocenters. The van der Waals surface area contributed by atoms with Gasteiger partial charge in [0.25, 0.3) is 0 Å². The summed E-state index contributed by atoms with van der Waals surface area (Å²) in [5.41, 5.74) is 12.4. The van der Waals surface area contributed by atoms with Crippen molar-refractivity contribution < 1.29 is 0 Å². The van der Waals surface area contributed by atoms with Gasteiger partial charge in [-0.1, -0.05) is 158 Å². The van der Waals surface area contributed by atoms with Gasteiger partial charge in [-0.3, -0.25) is 0 Å². The molecule has 56 heavy (non-hydrogen) atoms. The second kappa shape index (κ2) is 13.2. The first-order valence-electron chi connectivity index (χ1n) is 19.1. The van der Waals surface area contributed by atoms with Crippen LogP contribution in [0.25, 0.3) is 67.0 Å². The largest absolute Gasteiger partial charge is 0.333 e.